The van der Waals surface area contributed by atoms with Crippen molar-refractivity contribution in [1.29, 1.82) is 0 Å². The minimum Gasteiger partial charge on any atom is -0.309 e. The zero-order chi connectivity index (χ0) is 36.3. The van der Waals surface area contributed by atoms with Gasteiger partial charge in [0.15, 0.2) is 0 Å². The van der Waals surface area contributed by atoms with Gasteiger partial charge in [0.05, 0.1) is 22.4 Å². The quantitative estimate of drug-likeness (QED) is 0.158. The van der Waals surface area contributed by atoms with E-state index in [-0.39, 0.29) is 0 Å². The Hall–Kier alpha value is -7.29. The summed E-state index contributed by atoms with van der Waals surface area (Å²) >= 11 is 0. The number of pyridine rings is 1. The molecular weight excluding hydrogens is 665 g/mol. The van der Waals surface area contributed by atoms with Gasteiger partial charge in [0, 0.05) is 27.6 Å². The average Bonchev–Trinajstić information content (AvgIpc) is 3.61. The Morgan fingerprint density at radius 3 is 1.35 bits per heavy atom. The molecule has 0 radical (unpaired) electrons. The number of aromatic nitrogens is 2. The van der Waals surface area contributed by atoms with Gasteiger partial charge in [-0.15, -0.1) is 0 Å². The third-order valence-corrected chi connectivity index (χ3v) is 11.1. The summed E-state index contributed by atoms with van der Waals surface area (Å²) in [6, 6.07) is 74.5. The Balaban J connectivity index is 1.04. The second-order valence-electron chi connectivity index (χ2n) is 14.4. The fourth-order valence-corrected chi connectivity index (χ4v) is 8.42. The first kappa shape index (κ1) is 31.3. The number of nitrogens with zero attached hydrogens (tertiary/aromatic N) is 2. The van der Waals surface area contributed by atoms with Crippen LogP contribution in [0.15, 0.2) is 206 Å². The third-order valence-electron chi connectivity index (χ3n) is 11.1. The van der Waals surface area contributed by atoms with Gasteiger partial charge in [0.1, 0.15) is 0 Å². The summed E-state index contributed by atoms with van der Waals surface area (Å²) in [7, 11) is 0. The van der Waals surface area contributed by atoms with Crippen LogP contribution in [0, 0.1) is 0 Å². The van der Waals surface area contributed by atoms with Crippen LogP contribution in [0.4, 0.5) is 0 Å². The van der Waals surface area contributed by atoms with Gasteiger partial charge in [0.25, 0.3) is 0 Å². The lowest BCUT2D eigenvalue weighted by atomic mass is 9.95. The molecule has 0 unspecified atom stereocenters. The van der Waals surface area contributed by atoms with Crippen LogP contribution >= 0.6 is 0 Å². The van der Waals surface area contributed by atoms with Crippen molar-refractivity contribution >= 4 is 43.4 Å². The SMILES string of the molecule is c1ccc(-c2cccc(-c3cc(-c4cccc(-c5ccccc5)c4)nc(-c4ccc5cc(-n6c7cccc8ccc9cccc6c9c87)ccc5c4)c3)c2)cc1. The van der Waals surface area contributed by atoms with Gasteiger partial charge in [-0.05, 0) is 110 Å². The molecule has 11 rings (SSSR count). The highest BCUT2D eigenvalue weighted by Crippen LogP contribution is 2.40. The van der Waals surface area contributed by atoms with E-state index in [1.807, 2.05) is 0 Å². The fraction of sp³-hybridized carbons (Fsp3) is 0. The van der Waals surface area contributed by atoms with Crippen LogP contribution in [-0.2, 0) is 0 Å². The molecule has 11 aromatic rings. The zero-order valence-corrected chi connectivity index (χ0v) is 30.0. The Kier molecular flexibility index (Phi) is 7.21. The lowest BCUT2D eigenvalue weighted by Gasteiger charge is -2.13. The van der Waals surface area contributed by atoms with Crippen molar-refractivity contribution < 1.29 is 0 Å². The predicted octanol–water partition coefficient (Wildman–Crippen LogP) is 14.3. The van der Waals surface area contributed by atoms with Crippen LogP contribution in [0.2, 0.25) is 0 Å². The zero-order valence-electron chi connectivity index (χ0n) is 30.0. The van der Waals surface area contributed by atoms with Crippen molar-refractivity contribution in [3.8, 4) is 61.6 Å². The van der Waals surface area contributed by atoms with E-state index in [2.05, 4.69) is 211 Å². The van der Waals surface area contributed by atoms with Crippen LogP contribution in [-0.4, -0.2) is 9.55 Å². The van der Waals surface area contributed by atoms with Gasteiger partial charge in [-0.3, -0.25) is 0 Å². The van der Waals surface area contributed by atoms with Crippen LogP contribution in [0.3, 0.4) is 0 Å². The maximum absolute atomic E-state index is 5.36. The summed E-state index contributed by atoms with van der Waals surface area (Å²) in [6.45, 7) is 0. The summed E-state index contributed by atoms with van der Waals surface area (Å²) in [5.74, 6) is 0. The first-order valence-electron chi connectivity index (χ1n) is 18.9. The first-order chi connectivity index (χ1) is 27.2. The Labute approximate surface area is 319 Å². The Morgan fingerprint density at radius 1 is 0.273 bits per heavy atom. The van der Waals surface area contributed by atoms with Crippen molar-refractivity contribution in [3.63, 3.8) is 0 Å². The molecule has 0 fully saturated rings. The highest BCUT2D eigenvalue weighted by molar-refractivity contribution is 6.24. The number of rotatable bonds is 6. The van der Waals surface area contributed by atoms with Gasteiger partial charge in [-0.1, -0.05) is 152 Å². The molecule has 55 heavy (non-hydrogen) atoms. The van der Waals surface area contributed by atoms with Crippen molar-refractivity contribution in [1.82, 2.24) is 9.55 Å². The van der Waals surface area contributed by atoms with Gasteiger partial charge in [0.2, 0.25) is 0 Å². The molecule has 2 aromatic heterocycles. The molecule has 0 aliphatic rings. The van der Waals surface area contributed by atoms with E-state index in [1.165, 1.54) is 65.6 Å². The normalized spacial score (nSPS) is 11.6. The van der Waals surface area contributed by atoms with E-state index in [9.17, 15) is 0 Å². The minimum atomic E-state index is 0.946. The third kappa shape index (κ3) is 5.38. The molecule has 2 nitrogen and oxygen atoms in total. The number of benzene rings is 9. The lowest BCUT2D eigenvalue weighted by molar-refractivity contribution is 1.19. The monoisotopic (exact) mass is 698 g/mol. The summed E-state index contributed by atoms with van der Waals surface area (Å²) in [5.41, 5.74) is 14.8. The largest absolute Gasteiger partial charge is 0.309 e. The molecule has 9 aromatic carbocycles. The highest BCUT2D eigenvalue weighted by atomic mass is 15.0. The molecule has 0 saturated heterocycles. The number of fused-ring (bicyclic) bond motifs is 1. The molecule has 0 spiro atoms. The topological polar surface area (TPSA) is 17.8 Å². The predicted molar refractivity (Wildman–Crippen MR) is 232 cm³/mol. The summed E-state index contributed by atoms with van der Waals surface area (Å²) < 4.78 is 2.42. The van der Waals surface area contributed by atoms with Crippen LogP contribution in [0.1, 0.15) is 0 Å². The van der Waals surface area contributed by atoms with Gasteiger partial charge < -0.3 is 4.57 Å². The van der Waals surface area contributed by atoms with E-state index >= 15 is 0 Å². The molecule has 0 saturated carbocycles. The first-order valence-corrected chi connectivity index (χ1v) is 18.9. The molecule has 0 amide bonds. The Bertz CT molecular complexity index is 3020. The fourth-order valence-electron chi connectivity index (χ4n) is 8.42. The van der Waals surface area contributed by atoms with Crippen LogP contribution in [0.25, 0.3) is 105 Å². The van der Waals surface area contributed by atoms with E-state index < -0.39 is 0 Å². The van der Waals surface area contributed by atoms with Crippen LogP contribution in [0.5, 0.6) is 0 Å². The molecular formula is C53H34N2. The van der Waals surface area contributed by atoms with Crippen molar-refractivity contribution in [2.24, 2.45) is 0 Å². The molecule has 2 heteroatoms. The summed E-state index contributed by atoms with van der Waals surface area (Å²) in [5, 5.41) is 7.59. The maximum Gasteiger partial charge on any atom is 0.0715 e. The van der Waals surface area contributed by atoms with Gasteiger partial charge in [-0.2, -0.15) is 0 Å². The Morgan fingerprint density at radius 2 is 0.727 bits per heavy atom. The van der Waals surface area contributed by atoms with Gasteiger partial charge in [-0.25, -0.2) is 4.98 Å². The van der Waals surface area contributed by atoms with Crippen molar-refractivity contribution in [2.75, 3.05) is 0 Å². The molecule has 0 aliphatic carbocycles. The second-order valence-corrected chi connectivity index (χ2v) is 14.4. The van der Waals surface area contributed by atoms with Crippen LogP contribution < -0.4 is 0 Å². The maximum atomic E-state index is 5.36. The second kappa shape index (κ2) is 12.7. The van der Waals surface area contributed by atoms with Crippen molar-refractivity contribution in [3.05, 3.63) is 206 Å². The smallest absolute Gasteiger partial charge is 0.0715 e. The summed E-state index contributed by atoms with van der Waals surface area (Å²) in [6.07, 6.45) is 0. The van der Waals surface area contributed by atoms with Gasteiger partial charge >= 0.3 is 0 Å². The van der Waals surface area contributed by atoms with E-state index in [1.54, 1.807) is 0 Å². The lowest BCUT2D eigenvalue weighted by Crippen LogP contribution is -1.94. The molecule has 2 heterocycles. The number of hydrogen-bond acceptors (Lipinski definition) is 1. The van der Waals surface area contributed by atoms with Crippen molar-refractivity contribution in [2.45, 2.75) is 0 Å². The van der Waals surface area contributed by atoms with E-state index in [0.29, 0.717) is 0 Å². The average molecular weight is 699 g/mol. The molecule has 0 aliphatic heterocycles. The molecule has 0 bridgehead atoms. The highest BCUT2D eigenvalue weighted by Gasteiger charge is 2.17. The molecule has 0 atom stereocenters. The molecule has 0 N–H and O–H groups in total. The standard InChI is InChI=1S/C53H34N2/c1-3-11-35(12-4-1)39-17-7-19-41(29-39)46-33-48(44-20-8-18-40(30-44)36-13-5-2-6-14-36)54-49(34-46)45-26-25-43-32-47(28-27-42(43)31-45)55-50-21-9-15-37-23-24-38-16-10-22-51(55)53(38)52(37)50/h1-34H. The van der Waals surface area contributed by atoms with E-state index in [0.717, 1.165) is 39.3 Å². The molecule has 256 valence electrons. The minimum absolute atomic E-state index is 0.946. The summed E-state index contributed by atoms with van der Waals surface area (Å²) in [4.78, 5) is 5.36. The van der Waals surface area contributed by atoms with E-state index in [4.69, 9.17) is 4.98 Å². The number of hydrogen-bond donors (Lipinski definition) is 0.